The number of nitrogens with zero attached hydrogens (tertiary/aromatic N) is 1. The van der Waals surface area contributed by atoms with Crippen molar-refractivity contribution in [2.45, 2.75) is 44.8 Å². The Morgan fingerprint density at radius 2 is 2.18 bits per heavy atom. The van der Waals surface area contributed by atoms with Crippen molar-refractivity contribution >= 4 is 11.3 Å². The van der Waals surface area contributed by atoms with Crippen LogP contribution in [0.2, 0.25) is 0 Å². The average molecular weight is 321 g/mol. The number of hydrogen-bond acceptors (Lipinski definition) is 4. The highest BCUT2D eigenvalue weighted by Gasteiger charge is 2.52. The standard InChI is InChI=1S/C18H27NO2S/c1-14-2-5-17(22-14)10-19-12-18(13-19)16(7-9-21-18)6-8-20-11-15-3-4-15/h2,5,15-16H,3-4,6-13H2,1H3/t16-/m0/s1. The first-order chi connectivity index (χ1) is 10.7. The first kappa shape index (κ1) is 15.1. The topological polar surface area (TPSA) is 21.7 Å². The molecule has 22 heavy (non-hydrogen) atoms. The van der Waals surface area contributed by atoms with E-state index in [1.807, 2.05) is 11.3 Å². The molecule has 1 saturated carbocycles. The molecule has 1 aliphatic carbocycles. The van der Waals surface area contributed by atoms with E-state index in [-0.39, 0.29) is 5.60 Å². The Hall–Kier alpha value is -0.420. The minimum absolute atomic E-state index is 0.148. The number of rotatable bonds is 7. The number of likely N-dealkylation sites (tertiary alicyclic amines) is 1. The van der Waals surface area contributed by atoms with Gasteiger partial charge in [0.15, 0.2) is 0 Å². The molecule has 3 fully saturated rings. The molecule has 1 atom stereocenters. The van der Waals surface area contributed by atoms with E-state index < -0.39 is 0 Å². The summed E-state index contributed by atoms with van der Waals surface area (Å²) < 4.78 is 12.0. The maximum absolute atomic E-state index is 6.16. The molecule has 3 heterocycles. The fraction of sp³-hybridized carbons (Fsp3) is 0.778. The predicted molar refractivity (Wildman–Crippen MR) is 89.3 cm³/mol. The number of ether oxygens (including phenoxy) is 2. The van der Waals surface area contributed by atoms with Crippen LogP contribution in [0, 0.1) is 18.8 Å². The van der Waals surface area contributed by atoms with Gasteiger partial charge in [0.1, 0.15) is 0 Å². The summed E-state index contributed by atoms with van der Waals surface area (Å²) in [4.78, 5) is 5.43. The van der Waals surface area contributed by atoms with Gasteiger partial charge in [0.05, 0.1) is 5.60 Å². The maximum atomic E-state index is 6.16. The van der Waals surface area contributed by atoms with Crippen molar-refractivity contribution < 1.29 is 9.47 Å². The summed E-state index contributed by atoms with van der Waals surface area (Å²) in [5.74, 6) is 1.58. The second-order valence-corrected chi connectivity index (χ2v) is 8.74. The molecule has 0 aromatic carbocycles. The van der Waals surface area contributed by atoms with Gasteiger partial charge in [-0.2, -0.15) is 0 Å². The van der Waals surface area contributed by atoms with Gasteiger partial charge in [-0.15, -0.1) is 11.3 Å². The SMILES string of the molecule is Cc1ccc(CN2CC3(C2)OCC[C@@H]3CCOCC2CC2)s1. The lowest BCUT2D eigenvalue weighted by Gasteiger charge is -2.50. The Morgan fingerprint density at radius 1 is 1.32 bits per heavy atom. The molecule has 4 rings (SSSR count). The fourth-order valence-corrected chi connectivity index (χ4v) is 4.85. The largest absolute Gasteiger partial charge is 0.381 e. The van der Waals surface area contributed by atoms with Crippen molar-refractivity contribution in [3.8, 4) is 0 Å². The van der Waals surface area contributed by atoms with Crippen LogP contribution in [0.3, 0.4) is 0 Å². The quantitative estimate of drug-likeness (QED) is 0.718. The molecule has 4 heteroatoms. The van der Waals surface area contributed by atoms with E-state index >= 15 is 0 Å². The van der Waals surface area contributed by atoms with E-state index in [0.717, 1.165) is 45.4 Å². The molecule has 1 aromatic heterocycles. The van der Waals surface area contributed by atoms with E-state index in [1.165, 1.54) is 35.4 Å². The van der Waals surface area contributed by atoms with Gasteiger partial charge in [-0.1, -0.05) is 0 Å². The third kappa shape index (κ3) is 3.25. The van der Waals surface area contributed by atoms with E-state index in [4.69, 9.17) is 9.47 Å². The molecule has 1 aromatic rings. The second-order valence-electron chi connectivity index (χ2n) is 7.36. The summed E-state index contributed by atoms with van der Waals surface area (Å²) in [6.45, 7) is 8.35. The lowest BCUT2D eigenvalue weighted by atomic mass is 9.79. The van der Waals surface area contributed by atoms with Crippen LogP contribution in [-0.2, 0) is 16.0 Å². The van der Waals surface area contributed by atoms with Crippen LogP contribution in [-0.4, -0.2) is 43.4 Å². The number of hydrogen-bond donors (Lipinski definition) is 0. The zero-order chi connectivity index (χ0) is 15.0. The molecule has 0 radical (unpaired) electrons. The van der Waals surface area contributed by atoms with Gasteiger partial charge in [0.25, 0.3) is 0 Å². The third-order valence-electron chi connectivity index (χ3n) is 5.42. The lowest BCUT2D eigenvalue weighted by Crippen LogP contribution is -2.64. The van der Waals surface area contributed by atoms with Crippen LogP contribution < -0.4 is 0 Å². The molecule has 0 unspecified atom stereocenters. The molecule has 122 valence electrons. The Kier molecular flexibility index (Phi) is 4.29. The minimum atomic E-state index is 0.148. The van der Waals surface area contributed by atoms with Gasteiger partial charge in [-0.25, -0.2) is 0 Å². The van der Waals surface area contributed by atoms with Crippen LogP contribution in [0.15, 0.2) is 12.1 Å². The Bertz CT molecular complexity index is 505. The van der Waals surface area contributed by atoms with Crippen molar-refractivity contribution in [1.82, 2.24) is 4.90 Å². The smallest absolute Gasteiger partial charge is 0.0964 e. The Morgan fingerprint density at radius 3 is 2.91 bits per heavy atom. The molecule has 2 aliphatic heterocycles. The van der Waals surface area contributed by atoms with Gasteiger partial charge >= 0.3 is 0 Å². The molecule has 3 nitrogen and oxygen atoms in total. The molecule has 0 bridgehead atoms. The van der Waals surface area contributed by atoms with E-state index in [9.17, 15) is 0 Å². The molecule has 3 aliphatic rings. The van der Waals surface area contributed by atoms with Gasteiger partial charge < -0.3 is 9.47 Å². The van der Waals surface area contributed by atoms with Crippen molar-refractivity contribution in [3.63, 3.8) is 0 Å². The lowest BCUT2D eigenvalue weighted by molar-refractivity contribution is -0.138. The monoisotopic (exact) mass is 321 g/mol. The van der Waals surface area contributed by atoms with Gasteiger partial charge in [-0.05, 0) is 56.6 Å². The zero-order valence-electron chi connectivity index (χ0n) is 13.6. The fourth-order valence-electron chi connectivity index (χ4n) is 3.92. The predicted octanol–water partition coefficient (Wildman–Crippen LogP) is 3.46. The second kappa shape index (κ2) is 6.23. The van der Waals surface area contributed by atoms with Crippen LogP contribution in [0.5, 0.6) is 0 Å². The molecular weight excluding hydrogens is 294 g/mol. The zero-order valence-corrected chi connectivity index (χ0v) is 14.4. The van der Waals surface area contributed by atoms with Crippen molar-refractivity contribution in [1.29, 1.82) is 0 Å². The Balaban J connectivity index is 1.23. The molecule has 0 N–H and O–H groups in total. The highest BCUT2D eigenvalue weighted by molar-refractivity contribution is 7.11. The van der Waals surface area contributed by atoms with Crippen LogP contribution in [0.25, 0.3) is 0 Å². The summed E-state index contributed by atoms with van der Waals surface area (Å²) in [7, 11) is 0. The van der Waals surface area contributed by atoms with Crippen LogP contribution in [0.4, 0.5) is 0 Å². The van der Waals surface area contributed by atoms with Crippen LogP contribution in [0.1, 0.15) is 35.4 Å². The first-order valence-electron chi connectivity index (χ1n) is 8.73. The normalized spacial score (nSPS) is 27.4. The number of aryl methyl sites for hydroxylation is 1. The average Bonchev–Trinajstić information content (AvgIpc) is 3.06. The highest BCUT2D eigenvalue weighted by atomic mass is 32.1. The summed E-state index contributed by atoms with van der Waals surface area (Å²) >= 11 is 1.92. The Labute approximate surface area is 137 Å². The number of thiophene rings is 1. The summed E-state index contributed by atoms with van der Waals surface area (Å²) in [6, 6.07) is 4.49. The third-order valence-corrected chi connectivity index (χ3v) is 6.40. The first-order valence-corrected chi connectivity index (χ1v) is 9.54. The van der Waals surface area contributed by atoms with Gasteiger partial charge in [-0.3, -0.25) is 4.90 Å². The summed E-state index contributed by atoms with van der Waals surface area (Å²) in [5.41, 5.74) is 0.148. The van der Waals surface area contributed by atoms with Crippen molar-refractivity contribution in [3.05, 3.63) is 21.9 Å². The van der Waals surface area contributed by atoms with E-state index in [1.54, 1.807) is 0 Å². The highest BCUT2D eigenvalue weighted by Crippen LogP contribution is 2.42. The van der Waals surface area contributed by atoms with E-state index in [2.05, 4.69) is 24.0 Å². The maximum Gasteiger partial charge on any atom is 0.0964 e. The molecule has 1 spiro atoms. The minimum Gasteiger partial charge on any atom is -0.381 e. The van der Waals surface area contributed by atoms with Gasteiger partial charge in [0.2, 0.25) is 0 Å². The van der Waals surface area contributed by atoms with Crippen molar-refractivity contribution in [2.75, 3.05) is 32.9 Å². The summed E-state index contributed by atoms with van der Waals surface area (Å²) in [6.07, 6.45) is 5.17. The van der Waals surface area contributed by atoms with Gasteiger partial charge in [0, 0.05) is 49.2 Å². The molecular formula is C18H27NO2S. The summed E-state index contributed by atoms with van der Waals surface area (Å²) in [5, 5.41) is 0. The van der Waals surface area contributed by atoms with Crippen LogP contribution >= 0.6 is 11.3 Å². The van der Waals surface area contributed by atoms with E-state index in [0.29, 0.717) is 5.92 Å². The molecule has 2 saturated heterocycles. The molecule has 0 amide bonds. The van der Waals surface area contributed by atoms with Crippen molar-refractivity contribution in [2.24, 2.45) is 11.8 Å².